The molecular formula is C11H12ClN. The zero-order valence-corrected chi connectivity index (χ0v) is 7.47. The molecule has 0 N–H and O–H groups in total. The summed E-state index contributed by atoms with van der Waals surface area (Å²) in [6, 6.07) is 7.76. The van der Waals surface area contributed by atoms with Crippen LogP contribution in [0, 0.1) is 6.92 Å². The molecule has 0 amide bonds. The SMILES string of the molecule is C.Cc1ccnc2cc(Cl)ccc12. The van der Waals surface area contributed by atoms with Crippen LogP contribution >= 0.6 is 11.6 Å². The molecule has 1 heterocycles. The van der Waals surface area contributed by atoms with Gasteiger partial charge in [0.2, 0.25) is 0 Å². The van der Waals surface area contributed by atoms with Gasteiger partial charge in [-0.1, -0.05) is 25.1 Å². The van der Waals surface area contributed by atoms with Gasteiger partial charge in [-0.3, -0.25) is 4.98 Å². The number of aryl methyl sites for hydroxylation is 1. The molecule has 0 radical (unpaired) electrons. The first-order valence-corrected chi connectivity index (χ1v) is 4.16. The minimum atomic E-state index is 0. The van der Waals surface area contributed by atoms with Crippen molar-refractivity contribution in [2.75, 3.05) is 0 Å². The lowest BCUT2D eigenvalue weighted by Crippen LogP contribution is -1.81. The first-order valence-electron chi connectivity index (χ1n) is 3.78. The lowest BCUT2D eigenvalue weighted by Gasteiger charge is -1.99. The molecule has 0 aliphatic carbocycles. The van der Waals surface area contributed by atoms with Crippen molar-refractivity contribution < 1.29 is 0 Å². The molecule has 0 atom stereocenters. The highest BCUT2D eigenvalue weighted by molar-refractivity contribution is 6.31. The maximum Gasteiger partial charge on any atom is 0.0719 e. The fourth-order valence-corrected chi connectivity index (χ4v) is 1.43. The monoisotopic (exact) mass is 193 g/mol. The Kier molecular flexibility index (Phi) is 2.89. The van der Waals surface area contributed by atoms with E-state index in [-0.39, 0.29) is 7.43 Å². The molecule has 0 saturated carbocycles. The van der Waals surface area contributed by atoms with Crippen LogP contribution in [-0.2, 0) is 0 Å². The second-order valence-electron chi connectivity index (χ2n) is 2.79. The van der Waals surface area contributed by atoms with E-state index in [0.717, 1.165) is 10.5 Å². The van der Waals surface area contributed by atoms with Crippen LogP contribution in [0.4, 0.5) is 0 Å². The average Bonchev–Trinajstić information content (AvgIpc) is 2.04. The van der Waals surface area contributed by atoms with Gasteiger partial charge in [0.15, 0.2) is 0 Å². The summed E-state index contributed by atoms with van der Waals surface area (Å²) in [4.78, 5) is 4.22. The number of nitrogens with zero attached hydrogens (tertiary/aromatic N) is 1. The molecule has 1 aromatic carbocycles. The van der Waals surface area contributed by atoms with Gasteiger partial charge in [0.05, 0.1) is 5.52 Å². The Morgan fingerprint density at radius 1 is 1.23 bits per heavy atom. The number of rotatable bonds is 0. The number of pyridine rings is 1. The van der Waals surface area contributed by atoms with Crippen molar-refractivity contribution in [2.45, 2.75) is 14.4 Å². The van der Waals surface area contributed by atoms with Crippen LogP contribution in [0.1, 0.15) is 13.0 Å². The van der Waals surface area contributed by atoms with E-state index in [9.17, 15) is 0 Å². The standard InChI is InChI=1S/C10H8ClN.CH4/c1-7-4-5-12-10-6-8(11)2-3-9(7)10;/h2-6H,1H3;1H4. The number of fused-ring (bicyclic) bond motifs is 1. The summed E-state index contributed by atoms with van der Waals surface area (Å²) < 4.78 is 0. The normalized spacial score (nSPS) is 9.69. The number of hydrogen-bond acceptors (Lipinski definition) is 1. The van der Waals surface area contributed by atoms with E-state index in [1.54, 1.807) is 6.20 Å². The second kappa shape index (κ2) is 3.75. The van der Waals surface area contributed by atoms with Gasteiger partial charge in [-0.15, -0.1) is 0 Å². The van der Waals surface area contributed by atoms with Crippen LogP contribution < -0.4 is 0 Å². The highest BCUT2D eigenvalue weighted by Gasteiger charge is 1.97. The van der Waals surface area contributed by atoms with Crippen LogP contribution in [0.15, 0.2) is 30.5 Å². The van der Waals surface area contributed by atoms with Gasteiger partial charge >= 0.3 is 0 Å². The minimum absolute atomic E-state index is 0. The van der Waals surface area contributed by atoms with Gasteiger partial charge in [-0.2, -0.15) is 0 Å². The summed E-state index contributed by atoms with van der Waals surface area (Å²) in [5.74, 6) is 0. The lowest BCUT2D eigenvalue weighted by molar-refractivity contribution is 1.37. The Morgan fingerprint density at radius 2 is 2.00 bits per heavy atom. The molecule has 0 fully saturated rings. The first-order chi connectivity index (χ1) is 5.77. The van der Waals surface area contributed by atoms with Gasteiger partial charge in [-0.05, 0) is 30.7 Å². The molecule has 1 aromatic heterocycles. The van der Waals surface area contributed by atoms with Gasteiger partial charge in [0.25, 0.3) is 0 Å². The Bertz CT molecular complexity index is 423. The zero-order chi connectivity index (χ0) is 8.55. The summed E-state index contributed by atoms with van der Waals surface area (Å²) in [7, 11) is 0. The summed E-state index contributed by atoms with van der Waals surface area (Å²) in [6.45, 7) is 2.07. The van der Waals surface area contributed by atoms with Gasteiger partial charge < -0.3 is 0 Å². The number of halogens is 1. The summed E-state index contributed by atoms with van der Waals surface area (Å²) in [6.07, 6.45) is 1.80. The van der Waals surface area contributed by atoms with Crippen molar-refractivity contribution >= 4 is 22.5 Å². The van der Waals surface area contributed by atoms with E-state index in [4.69, 9.17) is 11.6 Å². The Morgan fingerprint density at radius 3 is 2.77 bits per heavy atom. The molecule has 0 aliphatic heterocycles. The molecule has 0 bridgehead atoms. The highest BCUT2D eigenvalue weighted by atomic mass is 35.5. The quantitative estimate of drug-likeness (QED) is 0.620. The van der Waals surface area contributed by atoms with E-state index in [1.165, 1.54) is 10.9 Å². The topological polar surface area (TPSA) is 12.9 Å². The Balaban J connectivity index is 0.000000845. The molecule has 2 aromatic rings. The van der Waals surface area contributed by atoms with Gasteiger partial charge in [0, 0.05) is 16.6 Å². The van der Waals surface area contributed by atoms with Gasteiger partial charge in [-0.25, -0.2) is 0 Å². The maximum atomic E-state index is 5.83. The third-order valence-electron chi connectivity index (χ3n) is 1.92. The van der Waals surface area contributed by atoms with E-state index in [0.29, 0.717) is 0 Å². The van der Waals surface area contributed by atoms with Crippen molar-refractivity contribution in [1.82, 2.24) is 4.98 Å². The van der Waals surface area contributed by atoms with Crippen LogP contribution in [-0.4, -0.2) is 4.98 Å². The minimum Gasteiger partial charge on any atom is -0.256 e. The third kappa shape index (κ3) is 1.81. The van der Waals surface area contributed by atoms with E-state index in [2.05, 4.69) is 11.9 Å². The maximum absolute atomic E-state index is 5.83. The molecule has 0 unspecified atom stereocenters. The lowest BCUT2D eigenvalue weighted by atomic mass is 10.1. The molecule has 0 spiro atoms. The van der Waals surface area contributed by atoms with Crippen LogP contribution in [0.5, 0.6) is 0 Å². The predicted molar refractivity (Wildman–Crippen MR) is 58.2 cm³/mol. The molecular weight excluding hydrogens is 182 g/mol. The number of aromatic nitrogens is 1. The smallest absolute Gasteiger partial charge is 0.0719 e. The molecule has 2 heteroatoms. The summed E-state index contributed by atoms with van der Waals surface area (Å²) in [5, 5.41) is 1.91. The molecule has 1 nitrogen and oxygen atoms in total. The summed E-state index contributed by atoms with van der Waals surface area (Å²) >= 11 is 5.83. The van der Waals surface area contributed by atoms with Crippen molar-refractivity contribution in [2.24, 2.45) is 0 Å². The van der Waals surface area contributed by atoms with Gasteiger partial charge in [0.1, 0.15) is 0 Å². The number of benzene rings is 1. The first kappa shape index (κ1) is 10.0. The fourth-order valence-electron chi connectivity index (χ4n) is 1.26. The third-order valence-corrected chi connectivity index (χ3v) is 2.16. The van der Waals surface area contributed by atoms with E-state index < -0.39 is 0 Å². The van der Waals surface area contributed by atoms with Crippen LogP contribution in [0.3, 0.4) is 0 Å². The highest BCUT2D eigenvalue weighted by Crippen LogP contribution is 2.19. The Hall–Kier alpha value is -1.08. The largest absolute Gasteiger partial charge is 0.256 e. The molecule has 68 valence electrons. The molecule has 13 heavy (non-hydrogen) atoms. The van der Waals surface area contributed by atoms with Crippen molar-refractivity contribution in [3.05, 3.63) is 41.0 Å². The number of hydrogen-bond donors (Lipinski definition) is 0. The van der Waals surface area contributed by atoms with Crippen molar-refractivity contribution in [1.29, 1.82) is 0 Å². The van der Waals surface area contributed by atoms with Crippen LogP contribution in [0.25, 0.3) is 10.9 Å². The average molecular weight is 194 g/mol. The van der Waals surface area contributed by atoms with E-state index >= 15 is 0 Å². The fraction of sp³-hybridized carbons (Fsp3) is 0.182. The van der Waals surface area contributed by atoms with Crippen molar-refractivity contribution in [3.8, 4) is 0 Å². The van der Waals surface area contributed by atoms with E-state index in [1.807, 2.05) is 24.3 Å². The van der Waals surface area contributed by atoms with Crippen LogP contribution in [0.2, 0.25) is 5.02 Å². The molecule has 2 rings (SSSR count). The Labute approximate surface area is 83.4 Å². The predicted octanol–water partition coefficient (Wildman–Crippen LogP) is 3.83. The zero-order valence-electron chi connectivity index (χ0n) is 6.71. The second-order valence-corrected chi connectivity index (χ2v) is 3.23. The molecule has 0 saturated heterocycles. The molecule has 0 aliphatic rings. The summed E-state index contributed by atoms with van der Waals surface area (Å²) in [5.41, 5.74) is 2.19. The van der Waals surface area contributed by atoms with Crippen molar-refractivity contribution in [3.63, 3.8) is 0 Å².